The molecule has 2 nitrogen and oxygen atoms in total. The molecule has 15 heavy (non-hydrogen) atoms. The van der Waals surface area contributed by atoms with E-state index in [4.69, 9.17) is 22.7 Å². The van der Waals surface area contributed by atoms with Gasteiger partial charge in [-0.15, -0.1) is 0 Å². The molecule has 0 saturated carbocycles. The summed E-state index contributed by atoms with van der Waals surface area (Å²) in [6, 6.07) is 0. The molecule has 0 heterocycles. The number of ether oxygens (including phenoxy) is 1. The van der Waals surface area contributed by atoms with Crippen LogP contribution >= 0.6 is 12.2 Å². The maximum Gasteiger partial charge on any atom is 0.0753 e. The fourth-order valence-corrected chi connectivity index (χ4v) is 1.74. The lowest BCUT2D eigenvalue weighted by atomic mass is 10.1. The highest BCUT2D eigenvalue weighted by atomic mass is 32.1. The topological polar surface area (TPSA) is 35.2 Å². The van der Waals surface area contributed by atoms with E-state index in [0.717, 1.165) is 13.0 Å². The first-order chi connectivity index (χ1) is 7.16. The Bertz CT molecular complexity index is 162. The summed E-state index contributed by atoms with van der Waals surface area (Å²) in [6.45, 7) is 5.10. The fraction of sp³-hybridized carbons (Fsp3) is 0.917. The zero-order valence-corrected chi connectivity index (χ0v) is 10.9. The summed E-state index contributed by atoms with van der Waals surface area (Å²) in [4.78, 5) is 0.547. The largest absolute Gasteiger partial charge is 0.393 e. The zero-order valence-electron chi connectivity index (χ0n) is 10.1. The number of nitrogens with two attached hydrogens (primary N) is 1. The Morgan fingerprint density at radius 3 is 2.40 bits per heavy atom. The molecule has 0 rings (SSSR count). The average Bonchev–Trinajstić information content (AvgIpc) is 2.15. The normalized spacial score (nSPS) is 12.7. The lowest BCUT2D eigenvalue weighted by Gasteiger charge is -2.11. The van der Waals surface area contributed by atoms with E-state index in [1.807, 2.05) is 6.92 Å². The molecule has 0 saturated heterocycles. The van der Waals surface area contributed by atoms with Crippen molar-refractivity contribution in [2.24, 2.45) is 5.73 Å². The van der Waals surface area contributed by atoms with Crippen LogP contribution in [-0.4, -0.2) is 17.7 Å². The van der Waals surface area contributed by atoms with Crippen LogP contribution in [0, 0.1) is 0 Å². The molecule has 1 atom stereocenters. The van der Waals surface area contributed by atoms with Gasteiger partial charge in [0, 0.05) is 13.0 Å². The molecule has 0 aliphatic rings. The van der Waals surface area contributed by atoms with Crippen molar-refractivity contribution >= 4 is 17.2 Å². The number of hydrogen-bond donors (Lipinski definition) is 1. The van der Waals surface area contributed by atoms with Crippen molar-refractivity contribution < 1.29 is 4.74 Å². The molecule has 90 valence electrons. The fourth-order valence-electron chi connectivity index (χ4n) is 1.51. The first kappa shape index (κ1) is 14.8. The van der Waals surface area contributed by atoms with Gasteiger partial charge in [0.25, 0.3) is 0 Å². The standard InChI is InChI=1S/C12H25NOS/c1-3-4-5-6-7-8-9-14-11(2)10-12(13)15/h11H,3-10H2,1-2H3,(H2,13,15). The minimum Gasteiger partial charge on any atom is -0.393 e. The first-order valence-corrected chi connectivity index (χ1v) is 6.47. The van der Waals surface area contributed by atoms with E-state index in [2.05, 4.69) is 6.92 Å². The second-order valence-electron chi connectivity index (χ2n) is 4.12. The maximum absolute atomic E-state index is 5.59. The third-order valence-electron chi connectivity index (χ3n) is 2.39. The molecule has 0 aliphatic carbocycles. The van der Waals surface area contributed by atoms with Gasteiger partial charge in [-0.2, -0.15) is 0 Å². The highest BCUT2D eigenvalue weighted by Gasteiger charge is 2.02. The van der Waals surface area contributed by atoms with Crippen LogP contribution in [0.15, 0.2) is 0 Å². The van der Waals surface area contributed by atoms with Crippen molar-refractivity contribution in [2.75, 3.05) is 6.61 Å². The van der Waals surface area contributed by atoms with Gasteiger partial charge in [0.1, 0.15) is 0 Å². The van der Waals surface area contributed by atoms with Gasteiger partial charge in [0.15, 0.2) is 0 Å². The number of hydrogen-bond acceptors (Lipinski definition) is 2. The van der Waals surface area contributed by atoms with E-state index < -0.39 is 0 Å². The first-order valence-electron chi connectivity index (χ1n) is 6.06. The predicted molar refractivity (Wildman–Crippen MR) is 70.2 cm³/mol. The van der Waals surface area contributed by atoms with Gasteiger partial charge < -0.3 is 10.5 Å². The third kappa shape index (κ3) is 11.8. The van der Waals surface area contributed by atoms with Crippen molar-refractivity contribution in [1.29, 1.82) is 0 Å². The molecule has 2 N–H and O–H groups in total. The van der Waals surface area contributed by atoms with Crippen LogP contribution in [0.3, 0.4) is 0 Å². The number of unbranched alkanes of at least 4 members (excludes halogenated alkanes) is 5. The van der Waals surface area contributed by atoms with E-state index in [1.54, 1.807) is 0 Å². The summed E-state index contributed by atoms with van der Waals surface area (Å²) in [5.41, 5.74) is 5.43. The summed E-state index contributed by atoms with van der Waals surface area (Å²) in [6.07, 6.45) is 8.68. The van der Waals surface area contributed by atoms with Crippen molar-refractivity contribution in [2.45, 2.75) is 64.9 Å². The summed E-state index contributed by atoms with van der Waals surface area (Å²) < 4.78 is 5.59. The highest BCUT2D eigenvalue weighted by Crippen LogP contribution is 2.06. The zero-order chi connectivity index (χ0) is 11.5. The van der Waals surface area contributed by atoms with Crippen LogP contribution < -0.4 is 5.73 Å². The molecule has 0 aromatic heterocycles. The Morgan fingerprint density at radius 2 is 1.80 bits per heavy atom. The Balaban J connectivity index is 3.13. The van der Waals surface area contributed by atoms with Gasteiger partial charge in [-0.05, 0) is 13.3 Å². The van der Waals surface area contributed by atoms with Gasteiger partial charge in [0.2, 0.25) is 0 Å². The van der Waals surface area contributed by atoms with Crippen LogP contribution in [0.1, 0.15) is 58.8 Å². The summed E-state index contributed by atoms with van der Waals surface area (Å²) in [5, 5.41) is 0. The molecular formula is C12H25NOS. The highest BCUT2D eigenvalue weighted by molar-refractivity contribution is 7.80. The summed E-state index contributed by atoms with van der Waals surface area (Å²) in [7, 11) is 0. The lowest BCUT2D eigenvalue weighted by Crippen LogP contribution is -2.18. The Kier molecular flexibility index (Phi) is 10.3. The Labute approximate surface area is 99.6 Å². The lowest BCUT2D eigenvalue weighted by molar-refractivity contribution is 0.0682. The molecule has 1 unspecified atom stereocenters. The van der Waals surface area contributed by atoms with E-state index in [-0.39, 0.29) is 6.10 Å². The van der Waals surface area contributed by atoms with Crippen LogP contribution in [0.5, 0.6) is 0 Å². The van der Waals surface area contributed by atoms with E-state index in [0.29, 0.717) is 11.4 Å². The smallest absolute Gasteiger partial charge is 0.0753 e. The van der Waals surface area contributed by atoms with Crippen LogP contribution in [-0.2, 0) is 4.74 Å². The monoisotopic (exact) mass is 231 g/mol. The average molecular weight is 231 g/mol. The van der Waals surface area contributed by atoms with Crippen molar-refractivity contribution in [3.05, 3.63) is 0 Å². The van der Waals surface area contributed by atoms with E-state index in [9.17, 15) is 0 Å². The quantitative estimate of drug-likeness (QED) is 0.462. The van der Waals surface area contributed by atoms with E-state index in [1.165, 1.54) is 32.1 Å². The molecule has 0 spiro atoms. The van der Waals surface area contributed by atoms with Gasteiger partial charge in [0.05, 0.1) is 11.1 Å². The molecule has 0 aliphatic heterocycles. The SMILES string of the molecule is CCCCCCCCOC(C)CC(N)=S. The van der Waals surface area contributed by atoms with Crippen molar-refractivity contribution in [3.8, 4) is 0 Å². The molecule has 0 radical (unpaired) electrons. The second kappa shape index (κ2) is 10.4. The predicted octanol–water partition coefficient (Wildman–Crippen LogP) is 3.43. The maximum atomic E-state index is 5.59. The summed E-state index contributed by atoms with van der Waals surface area (Å²) >= 11 is 4.82. The van der Waals surface area contributed by atoms with Crippen LogP contribution in [0.2, 0.25) is 0 Å². The second-order valence-corrected chi connectivity index (χ2v) is 4.64. The number of rotatable bonds is 10. The minimum absolute atomic E-state index is 0.179. The van der Waals surface area contributed by atoms with Gasteiger partial charge in [-0.25, -0.2) is 0 Å². The third-order valence-corrected chi connectivity index (χ3v) is 2.56. The Hall–Kier alpha value is -0.150. The molecule has 0 amide bonds. The molecule has 0 aromatic rings. The van der Waals surface area contributed by atoms with Crippen LogP contribution in [0.25, 0.3) is 0 Å². The van der Waals surface area contributed by atoms with Crippen LogP contribution in [0.4, 0.5) is 0 Å². The molecule has 0 bridgehead atoms. The van der Waals surface area contributed by atoms with Gasteiger partial charge in [-0.1, -0.05) is 51.2 Å². The molecular weight excluding hydrogens is 206 g/mol. The molecule has 0 fully saturated rings. The molecule has 3 heteroatoms. The molecule has 0 aromatic carbocycles. The van der Waals surface area contributed by atoms with Crippen molar-refractivity contribution in [1.82, 2.24) is 0 Å². The Morgan fingerprint density at radius 1 is 1.20 bits per heavy atom. The van der Waals surface area contributed by atoms with Gasteiger partial charge >= 0.3 is 0 Å². The van der Waals surface area contributed by atoms with E-state index >= 15 is 0 Å². The summed E-state index contributed by atoms with van der Waals surface area (Å²) in [5.74, 6) is 0. The van der Waals surface area contributed by atoms with Crippen molar-refractivity contribution in [3.63, 3.8) is 0 Å². The van der Waals surface area contributed by atoms with Gasteiger partial charge in [-0.3, -0.25) is 0 Å². The minimum atomic E-state index is 0.179. The number of thiocarbonyl (C=S) groups is 1.